The number of aliphatic hydroxyl groups excluding tert-OH is 1. The molecule has 1 unspecified atom stereocenters. The molecule has 1 saturated carbocycles. The van der Waals surface area contributed by atoms with E-state index in [-0.39, 0.29) is 12.6 Å². The number of benzene rings is 1. The molecule has 106 valence electrons. The molecule has 1 aromatic carbocycles. The Morgan fingerprint density at radius 3 is 2.58 bits per heavy atom. The molecule has 0 spiro atoms. The second-order valence-electron chi connectivity index (χ2n) is 5.56. The van der Waals surface area contributed by atoms with Gasteiger partial charge in [0, 0.05) is 24.3 Å². The summed E-state index contributed by atoms with van der Waals surface area (Å²) in [5.74, 6) is 0. The molecular formula is C16H26N2O. The van der Waals surface area contributed by atoms with Crippen LogP contribution in [-0.2, 0) is 0 Å². The van der Waals surface area contributed by atoms with E-state index in [0.29, 0.717) is 12.6 Å². The fraction of sp³-hybridized carbons (Fsp3) is 0.625. The van der Waals surface area contributed by atoms with E-state index in [1.807, 2.05) is 13.0 Å². The van der Waals surface area contributed by atoms with Crippen molar-refractivity contribution >= 4 is 5.69 Å². The minimum absolute atomic E-state index is 0.0287. The van der Waals surface area contributed by atoms with Gasteiger partial charge in [-0.25, -0.2) is 0 Å². The van der Waals surface area contributed by atoms with Crippen molar-refractivity contribution in [3.8, 4) is 0 Å². The SMILES string of the molecule is CC(N)c1ccccc1N(CCO)C1CCCCC1. The van der Waals surface area contributed by atoms with Crippen LogP contribution in [0.15, 0.2) is 24.3 Å². The first-order valence-corrected chi connectivity index (χ1v) is 7.46. The highest BCUT2D eigenvalue weighted by Gasteiger charge is 2.23. The molecule has 1 atom stereocenters. The topological polar surface area (TPSA) is 49.5 Å². The van der Waals surface area contributed by atoms with Crippen LogP contribution >= 0.6 is 0 Å². The summed E-state index contributed by atoms with van der Waals surface area (Å²) >= 11 is 0. The smallest absolute Gasteiger partial charge is 0.0606 e. The van der Waals surface area contributed by atoms with E-state index in [4.69, 9.17) is 5.73 Å². The van der Waals surface area contributed by atoms with Crippen molar-refractivity contribution in [2.75, 3.05) is 18.1 Å². The third-order valence-corrected chi connectivity index (χ3v) is 4.09. The zero-order valence-electron chi connectivity index (χ0n) is 11.9. The third kappa shape index (κ3) is 3.48. The van der Waals surface area contributed by atoms with E-state index in [0.717, 1.165) is 0 Å². The monoisotopic (exact) mass is 262 g/mol. The normalized spacial score (nSPS) is 18.3. The van der Waals surface area contributed by atoms with E-state index in [9.17, 15) is 5.11 Å². The molecule has 2 rings (SSSR count). The molecule has 3 heteroatoms. The molecule has 3 N–H and O–H groups in total. The van der Waals surface area contributed by atoms with E-state index in [1.54, 1.807) is 0 Å². The summed E-state index contributed by atoms with van der Waals surface area (Å²) in [4.78, 5) is 2.37. The Morgan fingerprint density at radius 1 is 1.26 bits per heavy atom. The van der Waals surface area contributed by atoms with Crippen molar-refractivity contribution in [1.29, 1.82) is 0 Å². The molecule has 0 bridgehead atoms. The lowest BCUT2D eigenvalue weighted by molar-refractivity contribution is 0.290. The lowest BCUT2D eigenvalue weighted by Gasteiger charge is -2.37. The molecule has 0 heterocycles. The molecule has 1 aliphatic rings. The number of rotatable bonds is 5. The Morgan fingerprint density at radius 2 is 1.95 bits per heavy atom. The second kappa shape index (κ2) is 6.92. The van der Waals surface area contributed by atoms with Crippen LogP contribution in [0.5, 0.6) is 0 Å². The second-order valence-corrected chi connectivity index (χ2v) is 5.56. The number of para-hydroxylation sites is 1. The van der Waals surface area contributed by atoms with Crippen molar-refractivity contribution in [2.45, 2.75) is 51.1 Å². The van der Waals surface area contributed by atoms with E-state index >= 15 is 0 Å². The van der Waals surface area contributed by atoms with Gasteiger partial charge in [0.2, 0.25) is 0 Å². The first-order chi connectivity index (χ1) is 9.24. The summed E-state index contributed by atoms with van der Waals surface area (Å²) in [6, 6.07) is 8.94. The van der Waals surface area contributed by atoms with Gasteiger partial charge in [-0.05, 0) is 31.4 Å². The number of hydrogen-bond acceptors (Lipinski definition) is 3. The first kappa shape index (κ1) is 14.4. The van der Waals surface area contributed by atoms with Crippen molar-refractivity contribution in [3.05, 3.63) is 29.8 Å². The number of nitrogens with two attached hydrogens (primary N) is 1. The zero-order chi connectivity index (χ0) is 13.7. The quantitative estimate of drug-likeness (QED) is 0.858. The van der Waals surface area contributed by atoms with E-state index in [1.165, 1.54) is 43.4 Å². The Labute approximate surface area is 116 Å². The largest absolute Gasteiger partial charge is 0.395 e. The van der Waals surface area contributed by atoms with Gasteiger partial charge in [0.25, 0.3) is 0 Å². The standard InChI is InChI=1S/C16H26N2O/c1-13(17)15-9-5-6-10-16(15)18(11-12-19)14-7-3-2-4-8-14/h5-6,9-10,13-14,19H,2-4,7-8,11-12,17H2,1H3. The number of anilines is 1. The summed E-state index contributed by atoms with van der Waals surface area (Å²) in [5.41, 5.74) is 8.48. The van der Waals surface area contributed by atoms with Crippen molar-refractivity contribution in [3.63, 3.8) is 0 Å². The molecule has 1 aromatic rings. The Balaban J connectivity index is 2.27. The minimum Gasteiger partial charge on any atom is -0.395 e. The highest BCUT2D eigenvalue weighted by atomic mass is 16.3. The van der Waals surface area contributed by atoms with Gasteiger partial charge in [-0.3, -0.25) is 0 Å². The van der Waals surface area contributed by atoms with Crippen molar-refractivity contribution in [2.24, 2.45) is 5.73 Å². The average Bonchev–Trinajstić information content (AvgIpc) is 2.45. The number of nitrogens with zero attached hydrogens (tertiary/aromatic N) is 1. The van der Waals surface area contributed by atoms with Gasteiger partial charge in [-0.15, -0.1) is 0 Å². The molecule has 0 radical (unpaired) electrons. The lowest BCUT2D eigenvalue weighted by Crippen LogP contribution is -2.39. The molecule has 19 heavy (non-hydrogen) atoms. The first-order valence-electron chi connectivity index (χ1n) is 7.46. The third-order valence-electron chi connectivity index (χ3n) is 4.09. The van der Waals surface area contributed by atoms with Gasteiger partial charge in [-0.2, -0.15) is 0 Å². The predicted molar refractivity (Wildman–Crippen MR) is 80.3 cm³/mol. The lowest BCUT2D eigenvalue weighted by atomic mass is 9.93. The van der Waals surface area contributed by atoms with Crippen LogP contribution in [0.3, 0.4) is 0 Å². The Hall–Kier alpha value is -1.06. The molecule has 0 amide bonds. The van der Waals surface area contributed by atoms with E-state index < -0.39 is 0 Å². The summed E-state index contributed by atoms with van der Waals surface area (Å²) in [6.07, 6.45) is 6.40. The summed E-state index contributed by atoms with van der Waals surface area (Å²) < 4.78 is 0. The molecule has 1 aliphatic carbocycles. The Kier molecular flexibility index (Phi) is 5.23. The van der Waals surface area contributed by atoms with Gasteiger partial charge in [0.1, 0.15) is 0 Å². The molecule has 0 aromatic heterocycles. The van der Waals surface area contributed by atoms with Crippen molar-refractivity contribution < 1.29 is 5.11 Å². The van der Waals surface area contributed by atoms with Gasteiger partial charge in [0.15, 0.2) is 0 Å². The van der Waals surface area contributed by atoms with Gasteiger partial charge >= 0.3 is 0 Å². The fourth-order valence-electron chi connectivity index (χ4n) is 3.13. The van der Waals surface area contributed by atoms with Crippen LogP contribution in [0, 0.1) is 0 Å². The molecule has 3 nitrogen and oxygen atoms in total. The molecular weight excluding hydrogens is 236 g/mol. The molecule has 0 aliphatic heterocycles. The maximum absolute atomic E-state index is 9.39. The summed E-state index contributed by atoms with van der Waals surface area (Å²) in [5, 5.41) is 9.39. The molecule has 0 saturated heterocycles. The van der Waals surface area contributed by atoms with Gasteiger partial charge in [0.05, 0.1) is 6.61 Å². The van der Waals surface area contributed by atoms with Crippen LogP contribution in [0.25, 0.3) is 0 Å². The van der Waals surface area contributed by atoms with Crippen molar-refractivity contribution in [1.82, 2.24) is 0 Å². The maximum atomic E-state index is 9.39. The van der Waals surface area contributed by atoms with Gasteiger partial charge in [-0.1, -0.05) is 37.5 Å². The molecule has 1 fully saturated rings. The predicted octanol–water partition coefficient (Wildman–Crippen LogP) is 2.84. The Bertz CT molecular complexity index is 386. The average molecular weight is 262 g/mol. The summed E-state index contributed by atoms with van der Waals surface area (Å²) in [6.45, 7) is 2.93. The highest BCUT2D eigenvalue weighted by molar-refractivity contribution is 5.55. The highest BCUT2D eigenvalue weighted by Crippen LogP contribution is 2.31. The van der Waals surface area contributed by atoms with Crippen LogP contribution < -0.4 is 10.6 Å². The van der Waals surface area contributed by atoms with E-state index in [2.05, 4.69) is 23.1 Å². The van der Waals surface area contributed by atoms with Crippen LogP contribution in [-0.4, -0.2) is 24.3 Å². The minimum atomic E-state index is 0.0287. The van der Waals surface area contributed by atoms with Gasteiger partial charge < -0.3 is 15.7 Å². The number of hydrogen-bond donors (Lipinski definition) is 2. The maximum Gasteiger partial charge on any atom is 0.0606 e. The van der Waals surface area contributed by atoms with Crippen LogP contribution in [0.2, 0.25) is 0 Å². The fourth-order valence-corrected chi connectivity index (χ4v) is 3.13. The summed E-state index contributed by atoms with van der Waals surface area (Å²) in [7, 11) is 0. The zero-order valence-corrected chi connectivity index (χ0v) is 11.9. The van der Waals surface area contributed by atoms with Crippen LogP contribution in [0.4, 0.5) is 5.69 Å². The number of aliphatic hydroxyl groups is 1. The van der Waals surface area contributed by atoms with Crippen LogP contribution in [0.1, 0.15) is 50.6 Å².